The smallest absolute Gasteiger partial charge is 0.300 e. The lowest BCUT2D eigenvalue weighted by Crippen LogP contribution is -2.40. The van der Waals surface area contributed by atoms with Gasteiger partial charge < -0.3 is 35.1 Å². The summed E-state index contributed by atoms with van der Waals surface area (Å²) < 4.78 is 51.6. The van der Waals surface area contributed by atoms with Crippen LogP contribution in [-0.2, 0) is 15.4 Å². The Morgan fingerprint density at radius 1 is 1.00 bits per heavy atom. The zero-order chi connectivity index (χ0) is 28.1. The van der Waals surface area contributed by atoms with Crippen molar-refractivity contribution in [3.05, 3.63) is 47.3 Å². The van der Waals surface area contributed by atoms with Crippen LogP contribution in [0, 0.1) is 6.92 Å². The molecule has 0 aliphatic rings. The fourth-order valence-electron chi connectivity index (χ4n) is 3.84. The van der Waals surface area contributed by atoms with E-state index in [9.17, 15) is 13.9 Å². The van der Waals surface area contributed by atoms with Crippen molar-refractivity contribution in [1.29, 1.82) is 0 Å². The number of aromatic nitrogens is 2. The van der Waals surface area contributed by atoms with Crippen LogP contribution < -0.4 is 20.5 Å². The first kappa shape index (κ1) is 29.3. The van der Waals surface area contributed by atoms with Crippen LogP contribution in [0.5, 0.6) is 11.5 Å². The molecular formula is C27H36F2N4O5. The maximum absolute atomic E-state index is 14.9. The normalized spacial score (nSPS) is 13.0. The number of benzene rings is 2. The van der Waals surface area contributed by atoms with Gasteiger partial charge in [-0.25, -0.2) is 9.97 Å². The lowest BCUT2D eigenvalue weighted by molar-refractivity contribution is -0.168. The van der Waals surface area contributed by atoms with Crippen LogP contribution in [0.25, 0.3) is 10.9 Å². The Labute approximate surface area is 221 Å². The van der Waals surface area contributed by atoms with E-state index in [4.69, 9.17) is 24.7 Å². The molecule has 0 amide bonds. The van der Waals surface area contributed by atoms with Crippen molar-refractivity contribution in [3.63, 3.8) is 0 Å². The molecular weight excluding hydrogens is 498 g/mol. The highest BCUT2D eigenvalue weighted by molar-refractivity contribution is 5.92. The van der Waals surface area contributed by atoms with Gasteiger partial charge in [0.05, 0.1) is 38.5 Å². The summed E-state index contributed by atoms with van der Waals surface area (Å²) in [6.45, 7) is 7.30. The Hall–Kier alpha value is -3.28. The lowest BCUT2D eigenvalue weighted by atomic mass is 9.91. The molecule has 3 rings (SSSR count). The van der Waals surface area contributed by atoms with Gasteiger partial charge in [-0.2, -0.15) is 8.78 Å². The quantitative estimate of drug-likeness (QED) is 0.213. The van der Waals surface area contributed by atoms with Crippen LogP contribution in [0.3, 0.4) is 0 Å². The first-order valence-corrected chi connectivity index (χ1v) is 12.2. The molecule has 9 nitrogen and oxygen atoms in total. The van der Waals surface area contributed by atoms with E-state index in [1.165, 1.54) is 12.1 Å². The number of aryl methyl sites for hydroxylation is 1. The van der Waals surface area contributed by atoms with Crippen LogP contribution in [0.1, 0.15) is 43.8 Å². The highest BCUT2D eigenvalue weighted by Crippen LogP contribution is 2.41. The highest BCUT2D eigenvalue weighted by Gasteiger charge is 2.47. The first-order chi connectivity index (χ1) is 17.9. The number of aliphatic hydroxyl groups is 1. The fourth-order valence-corrected chi connectivity index (χ4v) is 3.84. The van der Waals surface area contributed by atoms with E-state index in [1.807, 2.05) is 6.92 Å². The van der Waals surface area contributed by atoms with Crippen LogP contribution in [-0.4, -0.2) is 61.3 Å². The molecule has 0 saturated carbocycles. The zero-order valence-corrected chi connectivity index (χ0v) is 22.6. The lowest BCUT2D eigenvalue weighted by Gasteiger charge is -2.30. The van der Waals surface area contributed by atoms with E-state index in [0.717, 1.165) is 13.8 Å². The number of nitrogens with one attached hydrogen (secondary N) is 1. The van der Waals surface area contributed by atoms with Gasteiger partial charge in [-0.05, 0) is 57.5 Å². The third kappa shape index (κ3) is 6.77. The van der Waals surface area contributed by atoms with Gasteiger partial charge in [0.15, 0.2) is 11.5 Å². The molecule has 1 aromatic heterocycles. The van der Waals surface area contributed by atoms with Crippen molar-refractivity contribution in [2.45, 2.75) is 45.3 Å². The Balaban J connectivity index is 1.92. The Kier molecular flexibility index (Phi) is 9.29. The van der Waals surface area contributed by atoms with E-state index in [0.29, 0.717) is 66.0 Å². The number of nitrogen functional groups attached to an aromatic ring is 1. The Morgan fingerprint density at radius 3 is 2.37 bits per heavy atom. The van der Waals surface area contributed by atoms with Crippen LogP contribution in [0.15, 0.2) is 30.3 Å². The average Bonchev–Trinajstić information content (AvgIpc) is 2.84. The fraction of sp³-hybridized carbons (Fsp3) is 0.481. The van der Waals surface area contributed by atoms with Gasteiger partial charge in [-0.1, -0.05) is 0 Å². The number of fused-ring (bicyclic) bond motifs is 1. The summed E-state index contributed by atoms with van der Waals surface area (Å²) in [5.74, 6) is -1.53. The van der Waals surface area contributed by atoms with Crippen molar-refractivity contribution >= 4 is 22.4 Å². The molecule has 0 aliphatic heterocycles. The summed E-state index contributed by atoms with van der Waals surface area (Å²) in [5, 5.41) is 14.0. The zero-order valence-electron chi connectivity index (χ0n) is 22.6. The van der Waals surface area contributed by atoms with Crippen molar-refractivity contribution in [1.82, 2.24) is 9.97 Å². The summed E-state index contributed by atoms with van der Waals surface area (Å²) in [6, 6.07) is 7.18. The van der Waals surface area contributed by atoms with Crippen molar-refractivity contribution < 1.29 is 32.8 Å². The van der Waals surface area contributed by atoms with E-state index in [-0.39, 0.29) is 11.3 Å². The van der Waals surface area contributed by atoms with E-state index in [2.05, 4.69) is 15.3 Å². The number of anilines is 2. The highest BCUT2D eigenvalue weighted by atomic mass is 19.3. The second-order valence-corrected chi connectivity index (χ2v) is 9.48. The van der Waals surface area contributed by atoms with Gasteiger partial charge in [0.2, 0.25) is 0 Å². The van der Waals surface area contributed by atoms with Gasteiger partial charge in [0, 0.05) is 29.8 Å². The molecule has 1 atom stereocenters. The summed E-state index contributed by atoms with van der Waals surface area (Å²) in [7, 11) is 3.14. The van der Waals surface area contributed by atoms with Crippen LogP contribution in [0.4, 0.5) is 20.3 Å². The van der Waals surface area contributed by atoms with E-state index in [1.54, 1.807) is 39.3 Å². The van der Waals surface area contributed by atoms with E-state index < -0.39 is 17.6 Å². The monoisotopic (exact) mass is 534 g/mol. The predicted molar refractivity (Wildman–Crippen MR) is 142 cm³/mol. The van der Waals surface area contributed by atoms with Gasteiger partial charge >= 0.3 is 5.92 Å². The minimum Gasteiger partial charge on any atom is -0.493 e. The maximum atomic E-state index is 14.9. The minimum atomic E-state index is -3.51. The Morgan fingerprint density at radius 2 is 1.71 bits per heavy atom. The van der Waals surface area contributed by atoms with Gasteiger partial charge in [-0.15, -0.1) is 0 Å². The molecule has 0 bridgehead atoms. The number of hydrogen-bond acceptors (Lipinski definition) is 9. The van der Waals surface area contributed by atoms with Crippen molar-refractivity contribution in [2.75, 3.05) is 51.7 Å². The largest absolute Gasteiger partial charge is 0.493 e. The summed E-state index contributed by atoms with van der Waals surface area (Å²) in [5.41, 5.74) is 4.62. The number of nitrogens with two attached hydrogens (primary N) is 1. The number of alkyl halides is 2. The molecule has 0 aliphatic carbocycles. The van der Waals surface area contributed by atoms with Gasteiger partial charge in [0.1, 0.15) is 23.9 Å². The van der Waals surface area contributed by atoms with Crippen LogP contribution >= 0.6 is 0 Å². The summed E-state index contributed by atoms with van der Waals surface area (Å²) in [6.07, 6.45) is 0. The first-order valence-electron chi connectivity index (χ1n) is 12.2. The number of methoxy groups -OCH3 is 2. The summed E-state index contributed by atoms with van der Waals surface area (Å²) >= 11 is 0. The average molecular weight is 535 g/mol. The SMILES string of the molecule is COCCOCCOc1cc2c(N[C@H](C)c3cc(N)cc(C(F)(F)C(C)(C)O)c3)nc(C)nc2cc1OC. The predicted octanol–water partition coefficient (Wildman–Crippen LogP) is 4.61. The minimum absolute atomic E-state index is 0.159. The van der Waals surface area contributed by atoms with Gasteiger partial charge in [0.25, 0.3) is 0 Å². The molecule has 208 valence electrons. The molecule has 2 aromatic carbocycles. The molecule has 3 aromatic rings. The van der Waals surface area contributed by atoms with Crippen LogP contribution in [0.2, 0.25) is 0 Å². The molecule has 38 heavy (non-hydrogen) atoms. The standard InChI is InChI=1S/C27H36F2N4O5/c1-16(18-11-19(13-20(30)12-18)27(28,29)26(3,4)34)31-25-21-14-24(38-10-9-37-8-7-35-5)23(36-6)15-22(21)32-17(2)33-25/h11-16,34H,7-10,30H2,1-6H3,(H,31,32,33)/t16-/m1/s1. The molecule has 0 spiro atoms. The molecule has 4 N–H and O–H groups in total. The molecule has 1 heterocycles. The number of ether oxygens (including phenoxy) is 4. The number of hydrogen-bond donors (Lipinski definition) is 3. The van der Waals surface area contributed by atoms with Crippen molar-refractivity contribution in [3.8, 4) is 11.5 Å². The number of halogens is 2. The molecule has 0 radical (unpaired) electrons. The Bertz CT molecular complexity index is 1250. The second kappa shape index (κ2) is 12.1. The molecule has 0 unspecified atom stereocenters. The van der Waals surface area contributed by atoms with Crippen molar-refractivity contribution in [2.24, 2.45) is 0 Å². The third-order valence-corrected chi connectivity index (χ3v) is 5.97. The topological polar surface area (TPSA) is 121 Å². The third-order valence-electron chi connectivity index (χ3n) is 5.97. The number of nitrogens with zero attached hydrogens (tertiary/aromatic N) is 2. The van der Waals surface area contributed by atoms with E-state index >= 15 is 0 Å². The maximum Gasteiger partial charge on any atom is 0.300 e. The summed E-state index contributed by atoms with van der Waals surface area (Å²) in [4.78, 5) is 9.06. The molecule has 0 saturated heterocycles. The molecule has 11 heteroatoms. The van der Waals surface area contributed by atoms with Gasteiger partial charge in [-0.3, -0.25) is 0 Å². The number of rotatable bonds is 13. The molecule has 0 fully saturated rings. The second-order valence-electron chi connectivity index (χ2n) is 9.48.